The number of halogens is 1. The first-order chi connectivity index (χ1) is 8.57. The van der Waals surface area contributed by atoms with Crippen LogP contribution in [-0.4, -0.2) is 58.5 Å². The molecule has 6 heteroatoms. The maximum Gasteiger partial charge on any atom is 0.410 e. The van der Waals surface area contributed by atoms with Gasteiger partial charge in [-0.3, -0.25) is 9.69 Å². The standard InChI is InChI=1S/C13H23ClN2O3/c1-12(2,3)19-11(18)16-7-6-15(10(17)8-14)9-13(16,4)5/h6-9H2,1-5H3. The number of alkyl halides is 1. The lowest BCUT2D eigenvalue weighted by molar-refractivity contribution is -0.133. The molecule has 0 spiro atoms. The lowest BCUT2D eigenvalue weighted by atomic mass is 9.99. The van der Waals surface area contributed by atoms with Gasteiger partial charge in [0.05, 0.1) is 5.54 Å². The van der Waals surface area contributed by atoms with Gasteiger partial charge < -0.3 is 9.64 Å². The Morgan fingerprint density at radius 1 is 1.26 bits per heavy atom. The van der Waals surface area contributed by atoms with E-state index in [-0.39, 0.29) is 17.9 Å². The van der Waals surface area contributed by atoms with Gasteiger partial charge in [0.2, 0.25) is 5.91 Å². The zero-order valence-electron chi connectivity index (χ0n) is 12.3. The molecule has 110 valence electrons. The number of nitrogens with zero attached hydrogens (tertiary/aromatic N) is 2. The summed E-state index contributed by atoms with van der Waals surface area (Å²) in [6.07, 6.45) is -0.338. The quantitative estimate of drug-likeness (QED) is 0.695. The van der Waals surface area contributed by atoms with Crippen LogP contribution in [0.25, 0.3) is 0 Å². The van der Waals surface area contributed by atoms with Gasteiger partial charge in [0.1, 0.15) is 11.5 Å². The molecule has 0 atom stereocenters. The molecule has 1 aliphatic rings. The van der Waals surface area contributed by atoms with Crippen LogP contribution in [0.1, 0.15) is 34.6 Å². The number of rotatable bonds is 1. The zero-order valence-corrected chi connectivity index (χ0v) is 13.1. The summed E-state index contributed by atoms with van der Waals surface area (Å²) in [5.41, 5.74) is -0.974. The first kappa shape index (κ1) is 16.1. The minimum absolute atomic E-state index is 0.0253. The fraction of sp³-hybridized carbons (Fsp3) is 0.846. The Hall–Kier alpha value is -0.970. The van der Waals surface area contributed by atoms with Crippen molar-refractivity contribution in [3.05, 3.63) is 0 Å². The Balaban J connectivity index is 2.74. The van der Waals surface area contributed by atoms with E-state index >= 15 is 0 Å². The molecule has 0 aromatic carbocycles. The molecule has 1 saturated heterocycles. The highest BCUT2D eigenvalue weighted by atomic mass is 35.5. The van der Waals surface area contributed by atoms with Crippen LogP contribution in [0, 0.1) is 0 Å². The van der Waals surface area contributed by atoms with E-state index in [0.29, 0.717) is 19.6 Å². The molecule has 0 saturated carbocycles. The van der Waals surface area contributed by atoms with E-state index in [1.807, 2.05) is 34.6 Å². The SMILES string of the molecule is CC(C)(C)OC(=O)N1CCN(C(=O)CCl)CC1(C)C. The molecular formula is C13H23ClN2O3. The normalized spacial score (nSPS) is 19.3. The highest BCUT2D eigenvalue weighted by Gasteiger charge is 2.39. The van der Waals surface area contributed by atoms with Crippen molar-refractivity contribution in [3.8, 4) is 0 Å². The first-order valence-corrected chi connectivity index (χ1v) is 6.94. The van der Waals surface area contributed by atoms with Gasteiger partial charge in [-0.15, -0.1) is 11.6 Å². The Morgan fingerprint density at radius 3 is 2.26 bits per heavy atom. The molecule has 1 heterocycles. The number of carbonyl (C=O) groups is 2. The Labute approximate surface area is 119 Å². The third-order valence-corrected chi connectivity index (χ3v) is 3.21. The average molecular weight is 291 g/mol. The molecular weight excluding hydrogens is 268 g/mol. The van der Waals surface area contributed by atoms with Crippen LogP contribution in [0.4, 0.5) is 4.79 Å². The Bertz CT molecular complexity index is 363. The Morgan fingerprint density at radius 2 is 1.84 bits per heavy atom. The molecule has 0 bridgehead atoms. The molecule has 0 N–H and O–H groups in total. The van der Waals surface area contributed by atoms with Crippen LogP contribution in [-0.2, 0) is 9.53 Å². The molecule has 1 fully saturated rings. The van der Waals surface area contributed by atoms with Crippen LogP contribution in [0.2, 0.25) is 0 Å². The number of piperazine rings is 1. The van der Waals surface area contributed by atoms with Crippen LogP contribution >= 0.6 is 11.6 Å². The molecule has 0 aromatic rings. The van der Waals surface area contributed by atoms with E-state index in [2.05, 4.69) is 0 Å². The maximum absolute atomic E-state index is 12.1. The number of carbonyl (C=O) groups excluding carboxylic acids is 2. The first-order valence-electron chi connectivity index (χ1n) is 6.41. The van der Waals surface area contributed by atoms with E-state index in [0.717, 1.165) is 0 Å². The highest BCUT2D eigenvalue weighted by molar-refractivity contribution is 6.27. The van der Waals surface area contributed by atoms with E-state index in [9.17, 15) is 9.59 Å². The second-order valence-corrected chi connectivity index (χ2v) is 6.66. The molecule has 0 radical (unpaired) electrons. The summed E-state index contributed by atoms with van der Waals surface area (Å²) in [4.78, 5) is 27.1. The van der Waals surface area contributed by atoms with Crippen molar-refractivity contribution < 1.29 is 14.3 Å². The molecule has 0 aliphatic carbocycles. The van der Waals surface area contributed by atoms with Gasteiger partial charge in [-0.25, -0.2) is 4.79 Å². The summed E-state index contributed by atoms with van der Waals surface area (Å²) in [5, 5.41) is 0. The summed E-state index contributed by atoms with van der Waals surface area (Å²) in [6, 6.07) is 0. The van der Waals surface area contributed by atoms with Gasteiger partial charge in [-0.2, -0.15) is 0 Å². The summed E-state index contributed by atoms with van der Waals surface area (Å²) >= 11 is 5.57. The van der Waals surface area contributed by atoms with Gasteiger partial charge in [0.25, 0.3) is 0 Å². The minimum Gasteiger partial charge on any atom is -0.444 e. The second-order valence-electron chi connectivity index (χ2n) is 6.39. The lowest BCUT2D eigenvalue weighted by Crippen LogP contribution is -2.62. The van der Waals surface area contributed by atoms with Gasteiger partial charge >= 0.3 is 6.09 Å². The Kier molecular flexibility index (Phi) is 4.72. The predicted molar refractivity (Wildman–Crippen MR) is 74.3 cm³/mol. The molecule has 1 aliphatic heterocycles. The lowest BCUT2D eigenvalue weighted by Gasteiger charge is -2.46. The van der Waals surface area contributed by atoms with E-state index in [4.69, 9.17) is 16.3 Å². The van der Waals surface area contributed by atoms with Crippen molar-refractivity contribution in [1.29, 1.82) is 0 Å². The third kappa shape index (κ3) is 4.27. The van der Waals surface area contributed by atoms with Crippen molar-refractivity contribution in [3.63, 3.8) is 0 Å². The van der Waals surface area contributed by atoms with Crippen molar-refractivity contribution in [2.24, 2.45) is 0 Å². The van der Waals surface area contributed by atoms with E-state index < -0.39 is 11.1 Å². The highest BCUT2D eigenvalue weighted by Crippen LogP contribution is 2.23. The molecule has 0 unspecified atom stereocenters. The smallest absolute Gasteiger partial charge is 0.410 e. The number of amides is 2. The van der Waals surface area contributed by atoms with Crippen LogP contribution in [0.15, 0.2) is 0 Å². The molecule has 1 rings (SSSR count). The summed E-state index contributed by atoms with van der Waals surface area (Å²) < 4.78 is 5.39. The molecule has 5 nitrogen and oxygen atoms in total. The number of hydrogen-bond acceptors (Lipinski definition) is 3. The van der Waals surface area contributed by atoms with Crippen molar-refractivity contribution in [1.82, 2.24) is 9.80 Å². The van der Waals surface area contributed by atoms with Crippen LogP contribution in [0.3, 0.4) is 0 Å². The molecule has 19 heavy (non-hydrogen) atoms. The van der Waals surface area contributed by atoms with Crippen molar-refractivity contribution in [2.75, 3.05) is 25.5 Å². The largest absolute Gasteiger partial charge is 0.444 e. The number of ether oxygens (including phenoxy) is 1. The predicted octanol–water partition coefficient (Wildman–Crippen LogP) is 2.08. The van der Waals surface area contributed by atoms with Crippen molar-refractivity contribution in [2.45, 2.75) is 45.8 Å². The summed E-state index contributed by atoms with van der Waals surface area (Å²) in [7, 11) is 0. The average Bonchev–Trinajstić information content (AvgIpc) is 2.23. The van der Waals surface area contributed by atoms with E-state index in [1.54, 1.807) is 9.80 Å². The zero-order chi connectivity index (χ0) is 14.8. The molecule has 0 aromatic heterocycles. The second kappa shape index (κ2) is 5.57. The monoisotopic (exact) mass is 290 g/mol. The van der Waals surface area contributed by atoms with E-state index in [1.165, 1.54) is 0 Å². The topological polar surface area (TPSA) is 49.9 Å². The van der Waals surface area contributed by atoms with Gasteiger partial charge in [0, 0.05) is 19.6 Å². The number of hydrogen-bond donors (Lipinski definition) is 0. The molecule has 2 amide bonds. The van der Waals surface area contributed by atoms with Gasteiger partial charge in [-0.1, -0.05) is 0 Å². The maximum atomic E-state index is 12.1. The fourth-order valence-electron chi connectivity index (χ4n) is 2.11. The summed E-state index contributed by atoms with van der Waals surface area (Å²) in [6.45, 7) is 10.8. The van der Waals surface area contributed by atoms with Gasteiger partial charge in [-0.05, 0) is 34.6 Å². The minimum atomic E-state index is -0.518. The van der Waals surface area contributed by atoms with Crippen molar-refractivity contribution >= 4 is 23.6 Å². The summed E-state index contributed by atoms with van der Waals surface area (Å²) in [5.74, 6) is -0.124. The van der Waals surface area contributed by atoms with Crippen LogP contribution in [0.5, 0.6) is 0 Å². The fourth-order valence-corrected chi connectivity index (χ4v) is 2.28. The van der Waals surface area contributed by atoms with Gasteiger partial charge in [0.15, 0.2) is 0 Å². The van der Waals surface area contributed by atoms with Crippen LogP contribution < -0.4 is 0 Å². The third-order valence-electron chi connectivity index (χ3n) is 2.98.